The van der Waals surface area contributed by atoms with Crippen LogP contribution in [-0.4, -0.2) is 43.0 Å². The zero-order valence-electron chi connectivity index (χ0n) is 15.2. The number of nitrogens with two attached hydrogens (primary N) is 1. The number of carbonyl (C=O) groups excluding carboxylic acids is 2. The van der Waals surface area contributed by atoms with E-state index in [-0.39, 0.29) is 36.2 Å². The average Bonchev–Trinajstić information content (AvgIpc) is 3.27. The lowest BCUT2D eigenvalue weighted by Gasteiger charge is -2.18. The van der Waals surface area contributed by atoms with E-state index in [9.17, 15) is 9.59 Å². The molecule has 3 rings (SSSR count). The molecular formula is C19H28ClN3O3. The molecule has 2 atom stereocenters. The molecule has 26 heavy (non-hydrogen) atoms. The summed E-state index contributed by atoms with van der Waals surface area (Å²) in [5.74, 6) is 0.724. The van der Waals surface area contributed by atoms with E-state index in [1.807, 2.05) is 4.90 Å². The summed E-state index contributed by atoms with van der Waals surface area (Å²) in [6, 6.07) is 5.31. The molecule has 1 aliphatic carbocycles. The van der Waals surface area contributed by atoms with Gasteiger partial charge in [0.1, 0.15) is 5.75 Å². The van der Waals surface area contributed by atoms with Crippen molar-refractivity contribution >= 4 is 29.9 Å². The number of halogens is 1. The van der Waals surface area contributed by atoms with Gasteiger partial charge in [0.2, 0.25) is 5.91 Å². The number of rotatable bonds is 5. The van der Waals surface area contributed by atoms with Crippen molar-refractivity contribution in [3.8, 4) is 5.75 Å². The van der Waals surface area contributed by atoms with Crippen LogP contribution in [0.25, 0.3) is 0 Å². The van der Waals surface area contributed by atoms with Crippen LogP contribution in [0.3, 0.4) is 0 Å². The van der Waals surface area contributed by atoms with Gasteiger partial charge in [-0.15, -0.1) is 12.4 Å². The molecule has 2 aliphatic rings. The third-order valence-electron chi connectivity index (χ3n) is 5.28. The zero-order valence-corrected chi connectivity index (χ0v) is 16.0. The third kappa shape index (κ3) is 4.68. The Kier molecular flexibility index (Phi) is 7.29. The summed E-state index contributed by atoms with van der Waals surface area (Å²) in [5, 5.41) is 2.90. The standard InChI is InChI=1S/C19H27N3O3.ClH/c1-25-17-8-7-14(19(24)22-9-2-3-10-22)11-16(17)21-18(23)12-13-5-4-6-15(13)20;/h7-8,11,13,15H,2-6,9-10,12,20H2,1H3,(H,21,23);1H/t13-,15+;/m0./s1. The van der Waals surface area contributed by atoms with Gasteiger partial charge in [0.25, 0.3) is 5.91 Å². The molecule has 1 aromatic rings. The first-order valence-corrected chi connectivity index (χ1v) is 9.11. The number of hydrogen-bond donors (Lipinski definition) is 2. The first-order valence-electron chi connectivity index (χ1n) is 9.11. The fourth-order valence-corrected chi connectivity index (χ4v) is 3.80. The van der Waals surface area contributed by atoms with E-state index in [2.05, 4.69) is 5.32 Å². The van der Waals surface area contributed by atoms with Crippen molar-refractivity contribution in [2.45, 2.75) is 44.6 Å². The summed E-state index contributed by atoms with van der Waals surface area (Å²) in [4.78, 5) is 26.8. The third-order valence-corrected chi connectivity index (χ3v) is 5.28. The number of likely N-dealkylation sites (tertiary alicyclic amines) is 1. The Balaban J connectivity index is 0.00000243. The Bertz CT molecular complexity index is 647. The summed E-state index contributed by atoms with van der Waals surface area (Å²) >= 11 is 0. The zero-order chi connectivity index (χ0) is 17.8. The molecule has 0 radical (unpaired) electrons. The first kappa shape index (κ1) is 20.5. The van der Waals surface area contributed by atoms with E-state index < -0.39 is 0 Å². The van der Waals surface area contributed by atoms with E-state index in [0.717, 1.165) is 45.2 Å². The molecule has 1 saturated heterocycles. The van der Waals surface area contributed by atoms with Crippen LogP contribution in [0.5, 0.6) is 5.75 Å². The molecule has 0 aromatic heterocycles. The van der Waals surface area contributed by atoms with Gasteiger partial charge in [0, 0.05) is 31.1 Å². The fourth-order valence-electron chi connectivity index (χ4n) is 3.80. The highest BCUT2D eigenvalue weighted by atomic mass is 35.5. The van der Waals surface area contributed by atoms with Crippen LogP contribution in [0.4, 0.5) is 5.69 Å². The SMILES string of the molecule is COc1ccc(C(=O)N2CCCC2)cc1NC(=O)C[C@@H]1CCC[C@H]1N.Cl. The summed E-state index contributed by atoms with van der Waals surface area (Å²) < 4.78 is 5.33. The minimum atomic E-state index is -0.0774. The number of ether oxygens (including phenoxy) is 1. The highest BCUT2D eigenvalue weighted by Crippen LogP contribution is 2.30. The van der Waals surface area contributed by atoms with Crippen molar-refractivity contribution in [2.75, 3.05) is 25.5 Å². The predicted molar refractivity (Wildman–Crippen MR) is 104 cm³/mol. The lowest BCUT2D eigenvalue weighted by atomic mass is 10.00. The van der Waals surface area contributed by atoms with E-state index in [0.29, 0.717) is 23.4 Å². The minimum absolute atomic E-state index is 0. The molecule has 0 spiro atoms. The second kappa shape index (κ2) is 9.24. The lowest BCUT2D eigenvalue weighted by Crippen LogP contribution is -2.29. The maximum atomic E-state index is 12.6. The van der Waals surface area contributed by atoms with E-state index >= 15 is 0 Å². The number of hydrogen-bond acceptors (Lipinski definition) is 4. The Morgan fingerprint density at radius 1 is 1.23 bits per heavy atom. The number of anilines is 1. The smallest absolute Gasteiger partial charge is 0.253 e. The fraction of sp³-hybridized carbons (Fsp3) is 0.579. The van der Waals surface area contributed by atoms with Crippen LogP contribution in [0.2, 0.25) is 0 Å². The number of nitrogens with zero attached hydrogens (tertiary/aromatic N) is 1. The van der Waals surface area contributed by atoms with Gasteiger partial charge in [-0.3, -0.25) is 9.59 Å². The Morgan fingerprint density at radius 2 is 1.96 bits per heavy atom. The number of carbonyl (C=O) groups is 2. The highest BCUT2D eigenvalue weighted by molar-refractivity contribution is 5.98. The number of nitrogens with one attached hydrogen (secondary N) is 1. The molecule has 7 heteroatoms. The molecule has 3 N–H and O–H groups in total. The Labute approximate surface area is 160 Å². The van der Waals surface area contributed by atoms with Gasteiger partial charge in [-0.2, -0.15) is 0 Å². The molecule has 1 aliphatic heterocycles. The van der Waals surface area contributed by atoms with Crippen molar-refractivity contribution in [2.24, 2.45) is 11.7 Å². The Hall–Kier alpha value is -1.79. The molecule has 6 nitrogen and oxygen atoms in total. The molecular weight excluding hydrogens is 354 g/mol. The minimum Gasteiger partial charge on any atom is -0.495 e. The Morgan fingerprint density at radius 3 is 2.58 bits per heavy atom. The van der Waals surface area contributed by atoms with Crippen molar-refractivity contribution in [1.82, 2.24) is 4.90 Å². The number of methoxy groups -OCH3 is 1. The van der Waals surface area contributed by atoms with Gasteiger partial charge in [-0.25, -0.2) is 0 Å². The number of amides is 2. The van der Waals surface area contributed by atoms with Crippen molar-refractivity contribution in [3.63, 3.8) is 0 Å². The van der Waals surface area contributed by atoms with Crippen molar-refractivity contribution < 1.29 is 14.3 Å². The van der Waals surface area contributed by atoms with Gasteiger partial charge in [0.15, 0.2) is 0 Å². The van der Waals surface area contributed by atoms with Crippen molar-refractivity contribution in [1.29, 1.82) is 0 Å². The largest absolute Gasteiger partial charge is 0.495 e. The van der Waals surface area contributed by atoms with Crippen LogP contribution in [0, 0.1) is 5.92 Å². The first-order chi connectivity index (χ1) is 12.1. The second-order valence-electron chi connectivity index (χ2n) is 7.02. The van der Waals surface area contributed by atoms with Crippen molar-refractivity contribution in [3.05, 3.63) is 23.8 Å². The van der Waals surface area contributed by atoms with Gasteiger partial charge >= 0.3 is 0 Å². The lowest BCUT2D eigenvalue weighted by molar-refractivity contribution is -0.117. The summed E-state index contributed by atoms with van der Waals surface area (Å²) in [6.07, 6.45) is 5.58. The van der Waals surface area contributed by atoms with Crippen LogP contribution in [0.1, 0.15) is 48.9 Å². The highest BCUT2D eigenvalue weighted by Gasteiger charge is 2.26. The predicted octanol–water partition coefficient (Wildman–Crippen LogP) is 2.81. The molecule has 1 saturated carbocycles. The summed E-state index contributed by atoms with van der Waals surface area (Å²) in [7, 11) is 1.56. The quantitative estimate of drug-likeness (QED) is 0.821. The molecule has 2 amide bonds. The normalized spacial score (nSPS) is 22.0. The van der Waals surface area contributed by atoms with Crippen LogP contribution in [0.15, 0.2) is 18.2 Å². The summed E-state index contributed by atoms with van der Waals surface area (Å²) in [5.41, 5.74) is 7.18. The van der Waals surface area contributed by atoms with Gasteiger partial charge in [0.05, 0.1) is 12.8 Å². The maximum Gasteiger partial charge on any atom is 0.253 e. The van der Waals surface area contributed by atoms with E-state index in [1.54, 1.807) is 25.3 Å². The van der Waals surface area contributed by atoms with Crippen LogP contribution < -0.4 is 15.8 Å². The number of benzene rings is 1. The molecule has 2 fully saturated rings. The second-order valence-corrected chi connectivity index (χ2v) is 7.02. The molecule has 0 bridgehead atoms. The monoisotopic (exact) mass is 381 g/mol. The maximum absolute atomic E-state index is 12.6. The van der Waals surface area contributed by atoms with E-state index in [1.165, 1.54) is 0 Å². The van der Waals surface area contributed by atoms with Gasteiger partial charge in [-0.1, -0.05) is 6.42 Å². The average molecular weight is 382 g/mol. The van der Waals surface area contributed by atoms with Crippen LogP contribution >= 0.6 is 12.4 Å². The van der Waals surface area contributed by atoms with Crippen LogP contribution in [-0.2, 0) is 4.79 Å². The topological polar surface area (TPSA) is 84.7 Å². The molecule has 1 heterocycles. The van der Waals surface area contributed by atoms with E-state index in [4.69, 9.17) is 10.5 Å². The molecule has 144 valence electrons. The summed E-state index contributed by atoms with van der Waals surface area (Å²) in [6.45, 7) is 1.60. The molecule has 1 aromatic carbocycles. The molecule has 0 unspecified atom stereocenters. The van der Waals surface area contributed by atoms with Gasteiger partial charge < -0.3 is 20.7 Å². The van der Waals surface area contributed by atoms with Gasteiger partial charge in [-0.05, 0) is 49.8 Å².